The van der Waals surface area contributed by atoms with Gasteiger partial charge in [0, 0.05) is 21.0 Å². The Morgan fingerprint density at radius 3 is 2.40 bits per heavy atom. The third-order valence-corrected chi connectivity index (χ3v) is 8.75. The third kappa shape index (κ3) is 5.31. The first-order valence-corrected chi connectivity index (χ1v) is 14.9. The van der Waals surface area contributed by atoms with E-state index < -0.39 is 12.6 Å². The van der Waals surface area contributed by atoms with Crippen LogP contribution in [-0.4, -0.2) is 35.2 Å². The Balaban J connectivity index is 1.31. The molecule has 2 aliphatic rings. The molecule has 0 N–H and O–H groups in total. The standard InChI is InChI=1S/C35H29BrN2O5/c1-19-7-9-23(10-8-19)30(39)18-43-35(42)28-17-29(37-32-21(3)15-24(36)16-27(28)32)22-11-13-25(14-12-22)38-33(40)26-6-4-5-20(2)31(26)34(38)41/h4-5,7-17,20,26,31H,6,18H2,1-3H3. The Morgan fingerprint density at radius 1 is 0.977 bits per heavy atom. The van der Waals surface area contributed by atoms with Crippen molar-refractivity contribution in [1.82, 2.24) is 4.98 Å². The number of Topliss-reactive ketones (excluding diaryl/α,β-unsaturated/α-hetero) is 1. The number of rotatable bonds is 6. The number of carbonyl (C=O) groups is 4. The van der Waals surface area contributed by atoms with Crippen LogP contribution in [0.5, 0.6) is 0 Å². The summed E-state index contributed by atoms with van der Waals surface area (Å²) in [5.74, 6) is -1.94. The smallest absolute Gasteiger partial charge is 0.339 e. The Bertz CT molecular complexity index is 1830. The normalized spacial score (nSPS) is 19.5. The highest BCUT2D eigenvalue weighted by Crippen LogP contribution is 2.41. The molecule has 1 aliphatic carbocycles. The van der Waals surface area contributed by atoms with Gasteiger partial charge < -0.3 is 4.74 Å². The maximum atomic E-state index is 13.4. The van der Waals surface area contributed by atoms with Crippen LogP contribution in [-0.2, 0) is 14.3 Å². The lowest BCUT2D eigenvalue weighted by Gasteiger charge is -2.22. The molecule has 0 bridgehead atoms. The third-order valence-electron chi connectivity index (χ3n) is 8.29. The zero-order chi connectivity index (χ0) is 30.4. The van der Waals surface area contributed by atoms with E-state index in [0.717, 1.165) is 15.6 Å². The zero-order valence-corrected chi connectivity index (χ0v) is 25.6. The van der Waals surface area contributed by atoms with E-state index in [0.29, 0.717) is 39.8 Å². The van der Waals surface area contributed by atoms with Crippen molar-refractivity contribution in [1.29, 1.82) is 0 Å². The van der Waals surface area contributed by atoms with Gasteiger partial charge in [-0.05, 0) is 62.1 Å². The number of carbonyl (C=O) groups excluding carboxylic acids is 4. The molecule has 1 aliphatic heterocycles. The maximum absolute atomic E-state index is 13.4. The number of aryl methyl sites for hydroxylation is 2. The molecule has 3 atom stereocenters. The lowest BCUT2D eigenvalue weighted by atomic mass is 9.78. The van der Waals surface area contributed by atoms with Crippen molar-refractivity contribution in [3.8, 4) is 11.3 Å². The van der Waals surface area contributed by atoms with E-state index in [1.165, 1.54) is 4.90 Å². The molecule has 0 spiro atoms. The molecule has 2 amide bonds. The van der Waals surface area contributed by atoms with E-state index in [9.17, 15) is 19.2 Å². The number of aromatic nitrogens is 1. The maximum Gasteiger partial charge on any atom is 0.339 e. The number of halogens is 1. The van der Waals surface area contributed by atoms with Gasteiger partial charge in [-0.25, -0.2) is 9.78 Å². The molecule has 1 saturated heterocycles. The van der Waals surface area contributed by atoms with Gasteiger partial charge >= 0.3 is 5.97 Å². The minimum Gasteiger partial charge on any atom is -0.454 e. The second kappa shape index (κ2) is 11.3. The first-order valence-electron chi connectivity index (χ1n) is 14.1. The molecule has 0 radical (unpaired) electrons. The number of benzene rings is 3. The van der Waals surface area contributed by atoms with Crippen LogP contribution < -0.4 is 4.90 Å². The van der Waals surface area contributed by atoms with Crippen LogP contribution in [0.25, 0.3) is 22.2 Å². The van der Waals surface area contributed by atoms with Crippen molar-refractivity contribution >= 4 is 56.1 Å². The van der Waals surface area contributed by atoms with Crippen LogP contribution in [0.1, 0.15) is 45.2 Å². The number of ether oxygens (including phenoxy) is 1. The van der Waals surface area contributed by atoms with Gasteiger partial charge in [0.2, 0.25) is 11.8 Å². The van der Waals surface area contributed by atoms with Crippen molar-refractivity contribution in [2.24, 2.45) is 17.8 Å². The summed E-state index contributed by atoms with van der Waals surface area (Å²) in [6.45, 7) is 5.42. The molecule has 2 heterocycles. The van der Waals surface area contributed by atoms with Gasteiger partial charge in [-0.1, -0.05) is 77.0 Å². The molecular formula is C35H29BrN2O5. The minimum atomic E-state index is -0.637. The topological polar surface area (TPSA) is 93.6 Å². The number of hydrogen-bond donors (Lipinski definition) is 0. The first-order chi connectivity index (χ1) is 20.6. The summed E-state index contributed by atoms with van der Waals surface area (Å²) in [6, 6.07) is 19.5. The highest BCUT2D eigenvalue weighted by molar-refractivity contribution is 9.10. The Morgan fingerprint density at radius 2 is 1.70 bits per heavy atom. The fourth-order valence-electron chi connectivity index (χ4n) is 5.99. The SMILES string of the molecule is Cc1ccc(C(=O)COC(=O)c2cc(-c3ccc(N4C(=O)C5CC=CC(C)C5C4=O)cc3)nc3c(C)cc(Br)cc23)cc1. The van der Waals surface area contributed by atoms with Gasteiger partial charge in [0.15, 0.2) is 12.4 Å². The first kappa shape index (κ1) is 28.7. The second-order valence-corrected chi connectivity index (χ2v) is 12.2. The second-order valence-electron chi connectivity index (χ2n) is 11.3. The van der Waals surface area contributed by atoms with Gasteiger partial charge in [-0.15, -0.1) is 0 Å². The number of nitrogens with zero attached hydrogens (tertiary/aromatic N) is 2. The van der Waals surface area contributed by atoms with Crippen LogP contribution in [0, 0.1) is 31.6 Å². The quantitative estimate of drug-likeness (QED) is 0.0977. The number of hydrogen-bond acceptors (Lipinski definition) is 6. The van der Waals surface area contributed by atoms with Gasteiger partial charge in [-0.3, -0.25) is 19.3 Å². The Hall–Kier alpha value is -4.43. The number of imide groups is 1. The summed E-state index contributed by atoms with van der Waals surface area (Å²) >= 11 is 3.51. The molecular weight excluding hydrogens is 608 g/mol. The van der Waals surface area contributed by atoms with Crippen LogP contribution in [0.4, 0.5) is 5.69 Å². The molecule has 7 nitrogen and oxygen atoms in total. The van der Waals surface area contributed by atoms with E-state index in [1.807, 2.05) is 51.1 Å². The lowest BCUT2D eigenvalue weighted by molar-refractivity contribution is -0.122. The molecule has 43 heavy (non-hydrogen) atoms. The molecule has 8 heteroatoms. The molecule has 1 aromatic heterocycles. The van der Waals surface area contributed by atoms with Crippen LogP contribution in [0.3, 0.4) is 0 Å². The van der Waals surface area contributed by atoms with Crippen molar-refractivity contribution in [3.63, 3.8) is 0 Å². The predicted octanol–water partition coefficient (Wildman–Crippen LogP) is 7.02. The average molecular weight is 638 g/mol. The van der Waals surface area contributed by atoms with E-state index in [4.69, 9.17) is 9.72 Å². The molecule has 6 rings (SSSR count). The summed E-state index contributed by atoms with van der Waals surface area (Å²) in [7, 11) is 0. The van der Waals surface area contributed by atoms with Gasteiger partial charge in [0.05, 0.1) is 34.3 Å². The molecule has 3 aromatic carbocycles. The monoisotopic (exact) mass is 636 g/mol. The number of allylic oxidation sites excluding steroid dienone is 2. The lowest BCUT2D eigenvalue weighted by Crippen LogP contribution is -2.31. The summed E-state index contributed by atoms with van der Waals surface area (Å²) in [6.07, 6.45) is 4.56. The number of amides is 2. The summed E-state index contributed by atoms with van der Waals surface area (Å²) < 4.78 is 6.28. The van der Waals surface area contributed by atoms with Crippen LogP contribution >= 0.6 is 15.9 Å². The largest absolute Gasteiger partial charge is 0.454 e. The highest BCUT2D eigenvalue weighted by Gasteiger charge is 2.50. The summed E-state index contributed by atoms with van der Waals surface area (Å²) in [5, 5.41) is 0.596. The van der Waals surface area contributed by atoms with Crippen LogP contribution in [0.15, 0.2) is 83.4 Å². The van der Waals surface area contributed by atoms with E-state index >= 15 is 0 Å². The fraction of sp³-hybridized carbons (Fsp3) is 0.229. The van der Waals surface area contributed by atoms with E-state index in [-0.39, 0.29) is 40.9 Å². The van der Waals surface area contributed by atoms with E-state index in [1.54, 1.807) is 48.5 Å². The number of anilines is 1. The van der Waals surface area contributed by atoms with Crippen LogP contribution in [0.2, 0.25) is 0 Å². The molecule has 216 valence electrons. The van der Waals surface area contributed by atoms with Gasteiger partial charge in [0.25, 0.3) is 0 Å². The number of ketones is 1. The fourth-order valence-corrected chi connectivity index (χ4v) is 6.56. The predicted molar refractivity (Wildman–Crippen MR) is 168 cm³/mol. The van der Waals surface area contributed by atoms with Crippen molar-refractivity contribution in [2.45, 2.75) is 27.2 Å². The number of pyridine rings is 1. The van der Waals surface area contributed by atoms with Crippen molar-refractivity contribution in [3.05, 3.63) is 106 Å². The Labute approximate surface area is 257 Å². The minimum absolute atomic E-state index is 0.00918. The summed E-state index contributed by atoms with van der Waals surface area (Å²) in [4.78, 5) is 58.7. The summed E-state index contributed by atoms with van der Waals surface area (Å²) in [5.41, 5.74) is 4.98. The molecule has 3 unspecified atom stereocenters. The molecule has 4 aromatic rings. The van der Waals surface area contributed by atoms with Crippen molar-refractivity contribution < 1.29 is 23.9 Å². The van der Waals surface area contributed by atoms with E-state index in [2.05, 4.69) is 15.9 Å². The molecule has 1 fully saturated rings. The van der Waals surface area contributed by atoms with Gasteiger partial charge in [0.1, 0.15) is 0 Å². The van der Waals surface area contributed by atoms with Gasteiger partial charge in [-0.2, -0.15) is 0 Å². The van der Waals surface area contributed by atoms with Crippen molar-refractivity contribution in [2.75, 3.05) is 11.5 Å². The number of esters is 1. The zero-order valence-electron chi connectivity index (χ0n) is 24.0. The molecule has 0 saturated carbocycles. The average Bonchev–Trinajstić information content (AvgIpc) is 3.25. The number of fused-ring (bicyclic) bond motifs is 2. The Kier molecular flexibility index (Phi) is 7.56. The highest BCUT2D eigenvalue weighted by atomic mass is 79.9.